The summed E-state index contributed by atoms with van der Waals surface area (Å²) in [6.45, 7) is 5.70. The average Bonchev–Trinajstić information content (AvgIpc) is 3.53. The summed E-state index contributed by atoms with van der Waals surface area (Å²) in [5, 5.41) is 3.01. The van der Waals surface area contributed by atoms with E-state index in [0.717, 1.165) is 70.3 Å². The summed E-state index contributed by atoms with van der Waals surface area (Å²) in [5.41, 5.74) is 6.95. The molecular weight excluding hydrogens is 504 g/mol. The minimum absolute atomic E-state index is 0.105. The quantitative estimate of drug-likeness (QED) is 0.267. The largest absolute Gasteiger partial charge is 0.358 e. The van der Waals surface area contributed by atoms with Crippen molar-refractivity contribution in [1.29, 1.82) is 0 Å². The van der Waals surface area contributed by atoms with Gasteiger partial charge in [0.15, 0.2) is 0 Å². The number of aromatic nitrogens is 1. The van der Waals surface area contributed by atoms with Gasteiger partial charge >= 0.3 is 0 Å². The van der Waals surface area contributed by atoms with Crippen LogP contribution in [0.15, 0.2) is 53.4 Å². The molecule has 0 spiro atoms. The number of anilines is 1. The van der Waals surface area contributed by atoms with Crippen molar-refractivity contribution in [3.05, 3.63) is 82.2 Å². The number of likely N-dealkylation sites (tertiary alicyclic amines) is 1. The molecule has 3 aliphatic rings. The zero-order valence-electron chi connectivity index (χ0n) is 22.9. The Hall–Kier alpha value is -3.29. The van der Waals surface area contributed by atoms with Crippen molar-refractivity contribution in [2.45, 2.75) is 62.3 Å². The number of thioether (sulfide) groups is 1. The summed E-state index contributed by atoms with van der Waals surface area (Å²) in [6.07, 6.45) is 6.57. The summed E-state index contributed by atoms with van der Waals surface area (Å²) >= 11 is 1.76. The zero-order chi connectivity index (χ0) is 27.1. The van der Waals surface area contributed by atoms with Crippen LogP contribution in [-0.4, -0.2) is 58.8 Å². The second-order valence-electron chi connectivity index (χ2n) is 11.1. The Labute approximate surface area is 234 Å². The van der Waals surface area contributed by atoms with Crippen molar-refractivity contribution in [2.75, 3.05) is 25.5 Å². The highest BCUT2D eigenvalue weighted by Crippen LogP contribution is 2.38. The van der Waals surface area contributed by atoms with E-state index >= 15 is 0 Å². The van der Waals surface area contributed by atoms with E-state index in [4.69, 9.17) is 0 Å². The number of carbonyl (C=O) groups is 2. The van der Waals surface area contributed by atoms with Crippen LogP contribution in [0.2, 0.25) is 0 Å². The number of aromatic amines is 1. The van der Waals surface area contributed by atoms with Crippen LogP contribution in [0.5, 0.6) is 0 Å². The van der Waals surface area contributed by atoms with Gasteiger partial charge in [-0.15, -0.1) is 11.8 Å². The highest BCUT2D eigenvalue weighted by molar-refractivity contribution is 7.98. The fourth-order valence-corrected chi connectivity index (χ4v) is 6.85. The SMILES string of the molecule is Cc1[nH]c(/C=C2\C(=O)Nc3ccc(SCc4ccccc4)cc32)c(C)c1C(=O)N1CCC[C@H]1CN(C)C1CC1. The van der Waals surface area contributed by atoms with Crippen molar-refractivity contribution in [3.8, 4) is 0 Å². The number of nitrogens with one attached hydrogen (secondary N) is 2. The third-order valence-corrected chi connectivity index (χ3v) is 9.37. The summed E-state index contributed by atoms with van der Waals surface area (Å²) in [5.74, 6) is 0.861. The molecule has 1 saturated heterocycles. The number of nitrogens with zero attached hydrogens (tertiary/aromatic N) is 2. The van der Waals surface area contributed by atoms with Crippen LogP contribution in [0, 0.1) is 13.8 Å². The predicted molar refractivity (Wildman–Crippen MR) is 159 cm³/mol. The lowest BCUT2D eigenvalue weighted by Crippen LogP contribution is -2.43. The summed E-state index contributed by atoms with van der Waals surface area (Å²) in [6, 6.07) is 17.5. The molecule has 1 saturated carbocycles. The first-order valence-corrected chi connectivity index (χ1v) is 14.9. The Kier molecular flexibility index (Phi) is 7.12. The maximum absolute atomic E-state index is 13.8. The van der Waals surface area contributed by atoms with Crippen molar-refractivity contribution >= 4 is 40.9 Å². The third-order valence-electron chi connectivity index (χ3n) is 8.31. The number of H-pyrrole nitrogens is 1. The molecule has 2 N–H and O–H groups in total. The maximum Gasteiger partial charge on any atom is 0.256 e. The van der Waals surface area contributed by atoms with Crippen LogP contribution >= 0.6 is 11.8 Å². The smallest absolute Gasteiger partial charge is 0.256 e. The van der Waals surface area contributed by atoms with Gasteiger partial charge in [0.25, 0.3) is 11.8 Å². The van der Waals surface area contributed by atoms with E-state index in [1.165, 1.54) is 18.4 Å². The Morgan fingerprint density at radius 3 is 2.69 bits per heavy atom. The molecule has 39 heavy (non-hydrogen) atoms. The Morgan fingerprint density at radius 2 is 1.92 bits per heavy atom. The number of hydrogen-bond acceptors (Lipinski definition) is 4. The molecule has 0 unspecified atom stereocenters. The lowest BCUT2D eigenvalue weighted by molar-refractivity contribution is -0.110. The molecule has 1 aliphatic carbocycles. The van der Waals surface area contributed by atoms with E-state index in [1.54, 1.807) is 11.8 Å². The van der Waals surface area contributed by atoms with Crippen LogP contribution in [0.25, 0.3) is 11.6 Å². The minimum atomic E-state index is -0.113. The van der Waals surface area contributed by atoms with E-state index in [0.29, 0.717) is 11.6 Å². The fraction of sp³-hybridized carbons (Fsp3) is 0.375. The molecule has 202 valence electrons. The Morgan fingerprint density at radius 1 is 1.13 bits per heavy atom. The number of carbonyl (C=O) groups excluding carboxylic acids is 2. The van der Waals surface area contributed by atoms with Crippen molar-refractivity contribution in [2.24, 2.45) is 0 Å². The normalized spacial score (nSPS) is 19.7. The van der Waals surface area contributed by atoms with Gasteiger partial charge in [-0.25, -0.2) is 0 Å². The van der Waals surface area contributed by atoms with Crippen molar-refractivity contribution < 1.29 is 9.59 Å². The number of benzene rings is 2. The van der Waals surface area contributed by atoms with Crippen molar-refractivity contribution in [1.82, 2.24) is 14.8 Å². The van der Waals surface area contributed by atoms with Gasteiger partial charge in [0.2, 0.25) is 0 Å². The molecule has 2 aromatic carbocycles. The molecule has 2 fully saturated rings. The molecule has 0 radical (unpaired) electrons. The molecule has 3 heterocycles. The molecule has 3 aromatic rings. The standard InChI is InChI=1S/C32H36N4O2S/c1-20-29(33-21(2)30(20)32(38)36-15-7-10-24(36)18-35(3)23-11-12-23)17-27-26-16-25(13-14-28(26)34-31(27)37)39-19-22-8-5-4-6-9-22/h4-6,8-9,13-14,16-17,23-24,33H,7,10-12,15,18-19H2,1-3H3,(H,34,37)/b27-17-/t24-/m0/s1. The van der Waals surface area contributed by atoms with E-state index in [9.17, 15) is 9.59 Å². The summed E-state index contributed by atoms with van der Waals surface area (Å²) in [7, 11) is 2.19. The van der Waals surface area contributed by atoms with Gasteiger partial charge < -0.3 is 20.1 Å². The van der Waals surface area contributed by atoms with Gasteiger partial charge in [0.1, 0.15) is 0 Å². The number of likely N-dealkylation sites (N-methyl/N-ethyl adjacent to an activating group) is 1. The lowest BCUT2D eigenvalue weighted by atomic mass is 10.0. The van der Waals surface area contributed by atoms with Gasteiger partial charge in [-0.2, -0.15) is 0 Å². The number of rotatable bonds is 8. The number of fused-ring (bicyclic) bond motifs is 1. The average molecular weight is 541 g/mol. The first kappa shape index (κ1) is 26.0. The van der Waals surface area contributed by atoms with Crippen LogP contribution in [0.4, 0.5) is 5.69 Å². The van der Waals surface area contributed by atoms with Gasteiger partial charge in [-0.05, 0) is 82.0 Å². The van der Waals surface area contributed by atoms with Crippen LogP contribution < -0.4 is 5.32 Å². The monoisotopic (exact) mass is 540 g/mol. The molecule has 6 rings (SSSR count). The van der Waals surface area contributed by atoms with Crippen molar-refractivity contribution in [3.63, 3.8) is 0 Å². The third kappa shape index (κ3) is 5.30. The second kappa shape index (κ2) is 10.7. The van der Waals surface area contributed by atoms with Crippen LogP contribution in [0.1, 0.15) is 64.1 Å². The molecular formula is C32H36N4O2S. The molecule has 7 heteroatoms. The van der Waals surface area contributed by atoms with E-state index in [-0.39, 0.29) is 17.9 Å². The maximum atomic E-state index is 13.8. The topological polar surface area (TPSA) is 68.4 Å². The van der Waals surface area contributed by atoms with Crippen LogP contribution in [-0.2, 0) is 10.5 Å². The Bertz CT molecular complexity index is 1440. The second-order valence-corrected chi connectivity index (χ2v) is 12.2. The number of aryl methyl sites for hydroxylation is 1. The summed E-state index contributed by atoms with van der Waals surface area (Å²) < 4.78 is 0. The van der Waals surface area contributed by atoms with Gasteiger partial charge in [-0.1, -0.05) is 30.3 Å². The van der Waals surface area contributed by atoms with E-state index in [2.05, 4.69) is 63.5 Å². The highest BCUT2D eigenvalue weighted by Gasteiger charge is 2.35. The van der Waals surface area contributed by atoms with E-state index in [1.807, 2.05) is 32.1 Å². The van der Waals surface area contributed by atoms with Crippen LogP contribution in [0.3, 0.4) is 0 Å². The summed E-state index contributed by atoms with van der Waals surface area (Å²) in [4.78, 5) is 35.8. The van der Waals surface area contributed by atoms with E-state index < -0.39 is 0 Å². The molecule has 0 bridgehead atoms. The zero-order valence-corrected chi connectivity index (χ0v) is 23.7. The first-order chi connectivity index (χ1) is 18.9. The number of amides is 2. The lowest BCUT2D eigenvalue weighted by Gasteiger charge is -2.29. The molecule has 1 atom stereocenters. The minimum Gasteiger partial charge on any atom is -0.358 e. The fourth-order valence-electron chi connectivity index (χ4n) is 5.96. The highest BCUT2D eigenvalue weighted by atomic mass is 32.2. The molecule has 6 nitrogen and oxygen atoms in total. The molecule has 2 aliphatic heterocycles. The predicted octanol–water partition coefficient (Wildman–Crippen LogP) is 6.12. The number of hydrogen-bond donors (Lipinski definition) is 2. The molecule has 2 amide bonds. The van der Waals surface area contributed by atoms with Gasteiger partial charge in [0.05, 0.1) is 11.1 Å². The molecule has 1 aromatic heterocycles. The first-order valence-electron chi connectivity index (χ1n) is 13.9. The van der Waals surface area contributed by atoms with Gasteiger partial charge in [-0.3, -0.25) is 9.59 Å². The Balaban J connectivity index is 1.24. The van der Waals surface area contributed by atoms with Gasteiger partial charge in [0, 0.05) is 58.5 Å².